The minimum atomic E-state index is -4.98. The number of ether oxygens (including phenoxy) is 1. The van der Waals surface area contributed by atoms with E-state index in [0.717, 1.165) is 12.1 Å². The van der Waals surface area contributed by atoms with Gasteiger partial charge < -0.3 is 20.7 Å². The smallest absolute Gasteiger partial charge is 0.479 e. The molecule has 1 aromatic rings. The number of nitrogens with two attached hydrogens (primary N) is 1. The molecule has 0 radical (unpaired) electrons. The lowest BCUT2D eigenvalue weighted by Gasteiger charge is -2.15. The van der Waals surface area contributed by atoms with E-state index in [1.54, 1.807) is 0 Å². The average Bonchev–Trinajstić information content (AvgIpc) is 2.20. The van der Waals surface area contributed by atoms with Crippen LogP contribution in [-0.4, -0.2) is 22.5 Å². The minimum Gasteiger partial charge on any atom is -0.479 e. The molecule has 0 aliphatic rings. The Labute approximate surface area is 104 Å². The highest BCUT2D eigenvalue weighted by Crippen LogP contribution is 2.37. The first-order valence-corrected chi connectivity index (χ1v) is 4.75. The molecule has 4 N–H and O–H groups in total. The van der Waals surface area contributed by atoms with Gasteiger partial charge in [-0.1, -0.05) is 11.6 Å². The van der Waals surface area contributed by atoms with Crippen molar-refractivity contribution < 1.29 is 32.9 Å². The highest BCUT2D eigenvalue weighted by atomic mass is 35.5. The van der Waals surface area contributed by atoms with Gasteiger partial charge in [-0.2, -0.15) is 0 Å². The molecule has 0 aromatic heterocycles. The lowest BCUT2D eigenvalue weighted by Crippen LogP contribution is -2.19. The van der Waals surface area contributed by atoms with Gasteiger partial charge in [-0.3, -0.25) is 0 Å². The molecular weight excluding hydrogens is 279 g/mol. The Balaban J connectivity index is 3.16. The second kappa shape index (κ2) is 4.91. The van der Waals surface area contributed by atoms with Crippen LogP contribution in [0.2, 0.25) is 5.02 Å². The summed E-state index contributed by atoms with van der Waals surface area (Å²) in [6, 6.07) is 1.67. The van der Waals surface area contributed by atoms with Crippen LogP contribution >= 0.6 is 11.6 Å². The molecule has 0 saturated carbocycles. The zero-order chi connectivity index (χ0) is 14.1. The van der Waals surface area contributed by atoms with Crippen LogP contribution in [0.25, 0.3) is 0 Å². The Bertz CT molecular complexity index is 454. The maximum absolute atomic E-state index is 12.0. The zero-order valence-corrected chi connectivity index (χ0v) is 9.29. The second-order valence-electron chi connectivity index (χ2n) is 3.21. The van der Waals surface area contributed by atoms with Gasteiger partial charge in [0.25, 0.3) is 0 Å². The van der Waals surface area contributed by atoms with Gasteiger partial charge in [0.15, 0.2) is 11.9 Å². The molecule has 1 aromatic carbocycles. The number of hydrogen-bond acceptors (Lipinski definition) is 4. The standard InChI is InChI=1S/C9H7ClF3NO4/c10-4-1-3(6(15)8(16)17)2-5(14)7(4)18-9(11,12)13/h1-2,6,15H,14H2,(H,16,17). The van der Waals surface area contributed by atoms with Gasteiger partial charge in [-0.25, -0.2) is 4.79 Å². The van der Waals surface area contributed by atoms with E-state index in [4.69, 9.17) is 22.4 Å². The molecular formula is C9H7ClF3NO4. The summed E-state index contributed by atoms with van der Waals surface area (Å²) in [5.41, 5.74) is 4.47. The van der Waals surface area contributed by atoms with Gasteiger partial charge in [0.05, 0.1) is 10.7 Å². The number of carboxylic acids is 1. The SMILES string of the molecule is Nc1cc(C(O)C(=O)O)cc(Cl)c1OC(F)(F)F. The second-order valence-corrected chi connectivity index (χ2v) is 3.62. The van der Waals surface area contributed by atoms with E-state index in [-0.39, 0.29) is 5.56 Å². The number of hydrogen-bond donors (Lipinski definition) is 3. The van der Waals surface area contributed by atoms with Crippen molar-refractivity contribution in [2.45, 2.75) is 12.5 Å². The van der Waals surface area contributed by atoms with Crippen molar-refractivity contribution in [3.8, 4) is 5.75 Å². The molecule has 18 heavy (non-hydrogen) atoms. The molecule has 0 aliphatic heterocycles. The number of carboxylic acid groups (broad SMARTS) is 1. The molecule has 0 saturated heterocycles. The summed E-state index contributed by atoms with van der Waals surface area (Å²) in [5.74, 6) is -2.43. The van der Waals surface area contributed by atoms with Gasteiger partial charge in [0.1, 0.15) is 0 Å². The van der Waals surface area contributed by atoms with E-state index in [2.05, 4.69) is 4.74 Å². The molecule has 0 spiro atoms. The van der Waals surface area contributed by atoms with Crippen LogP contribution in [-0.2, 0) is 4.79 Å². The van der Waals surface area contributed by atoms with Crippen LogP contribution in [0.4, 0.5) is 18.9 Å². The number of alkyl halides is 3. The molecule has 0 bridgehead atoms. The maximum atomic E-state index is 12.0. The third-order valence-corrected chi connectivity index (χ3v) is 2.14. The third-order valence-electron chi connectivity index (χ3n) is 1.86. The van der Waals surface area contributed by atoms with Crippen LogP contribution in [0.5, 0.6) is 5.75 Å². The average molecular weight is 286 g/mol. The third kappa shape index (κ3) is 3.41. The Hall–Kier alpha value is -1.67. The summed E-state index contributed by atoms with van der Waals surface area (Å²) in [7, 11) is 0. The van der Waals surface area contributed by atoms with Crippen LogP contribution in [0.3, 0.4) is 0 Å². The number of aliphatic hydroxyl groups is 1. The summed E-state index contributed by atoms with van der Waals surface area (Å²) < 4.78 is 39.6. The number of aliphatic hydroxyl groups excluding tert-OH is 1. The fraction of sp³-hybridized carbons (Fsp3) is 0.222. The van der Waals surface area contributed by atoms with E-state index in [0.29, 0.717) is 0 Å². The summed E-state index contributed by atoms with van der Waals surface area (Å²) in [4.78, 5) is 10.5. The monoisotopic (exact) mass is 285 g/mol. The van der Waals surface area contributed by atoms with E-state index in [1.165, 1.54) is 0 Å². The highest BCUT2D eigenvalue weighted by Gasteiger charge is 2.33. The van der Waals surface area contributed by atoms with E-state index < -0.39 is 34.9 Å². The van der Waals surface area contributed by atoms with Crippen molar-refractivity contribution >= 4 is 23.3 Å². The van der Waals surface area contributed by atoms with E-state index >= 15 is 0 Å². The Morgan fingerprint density at radius 1 is 1.44 bits per heavy atom. The fourth-order valence-corrected chi connectivity index (χ4v) is 1.43. The summed E-state index contributed by atoms with van der Waals surface area (Å²) in [6.07, 6.45) is -6.92. The van der Waals surface area contributed by atoms with Crippen molar-refractivity contribution in [1.29, 1.82) is 0 Å². The van der Waals surface area contributed by atoms with Crippen LogP contribution in [0.1, 0.15) is 11.7 Å². The summed E-state index contributed by atoms with van der Waals surface area (Å²) in [6.45, 7) is 0. The normalized spacial score (nSPS) is 13.2. The molecule has 5 nitrogen and oxygen atoms in total. The van der Waals surface area contributed by atoms with Gasteiger partial charge in [-0.05, 0) is 17.7 Å². The number of aliphatic carboxylic acids is 1. The molecule has 0 aliphatic carbocycles. The quantitative estimate of drug-likeness (QED) is 0.738. The molecule has 0 amide bonds. The predicted molar refractivity (Wildman–Crippen MR) is 55.1 cm³/mol. The first kappa shape index (κ1) is 14.4. The molecule has 0 fully saturated rings. The minimum absolute atomic E-state index is 0.250. The van der Waals surface area contributed by atoms with Gasteiger partial charge >= 0.3 is 12.3 Å². The van der Waals surface area contributed by atoms with Crippen LogP contribution < -0.4 is 10.5 Å². The Morgan fingerprint density at radius 2 is 2.00 bits per heavy atom. The first-order valence-electron chi connectivity index (χ1n) is 4.37. The van der Waals surface area contributed by atoms with E-state index in [9.17, 15) is 23.1 Å². The number of carbonyl (C=O) groups is 1. The highest BCUT2D eigenvalue weighted by molar-refractivity contribution is 6.32. The fourth-order valence-electron chi connectivity index (χ4n) is 1.16. The topological polar surface area (TPSA) is 92.8 Å². The molecule has 1 unspecified atom stereocenters. The van der Waals surface area contributed by atoms with Gasteiger partial charge in [-0.15, -0.1) is 13.2 Å². The largest absolute Gasteiger partial charge is 0.573 e. The zero-order valence-electron chi connectivity index (χ0n) is 8.53. The molecule has 9 heteroatoms. The molecule has 0 heterocycles. The summed E-state index contributed by atoms with van der Waals surface area (Å²) >= 11 is 5.48. The molecule has 100 valence electrons. The summed E-state index contributed by atoms with van der Waals surface area (Å²) in [5, 5.41) is 17.2. The van der Waals surface area contributed by atoms with Crippen molar-refractivity contribution in [3.63, 3.8) is 0 Å². The number of rotatable bonds is 3. The first-order chi connectivity index (χ1) is 8.11. The van der Waals surface area contributed by atoms with Crippen molar-refractivity contribution in [3.05, 3.63) is 22.7 Å². The predicted octanol–water partition coefficient (Wildman–Crippen LogP) is 1.94. The Morgan fingerprint density at radius 3 is 2.39 bits per heavy atom. The lowest BCUT2D eigenvalue weighted by molar-refractivity contribution is -0.274. The lowest BCUT2D eigenvalue weighted by atomic mass is 10.1. The molecule has 1 atom stereocenters. The van der Waals surface area contributed by atoms with Crippen molar-refractivity contribution in [2.24, 2.45) is 0 Å². The number of benzene rings is 1. The number of nitrogen functional groups attached to an aromatic ring is 1. The Kier molecular flexibility index (Phi) is 3.92. The van der Waals surface area contributed by atoms with Crippen molar-refractivity contribution in [1.82, 2.24) is 0 Å². The number of halogens is 4. The van der Waals surface area contributed by atoms with E-state index in [1.807, 2.05) is 0 Å². The van der Waals surface area contributed by atoms with Crippen LogP contribution in [0.15, 0.2) is 12.1 Å². The maximum Gasteiger partial charge on any atom is 0.573 e. The van der Waals surface area contributed by atoms with Crippen LogP contribution in [0, 0.1) is 0 Å². The molecule has 1 rings (SSSR count). The van der Waals surface area contributed by atoms with Gasteiger partial charge in [0, 0.05) is 0 Å². The van der Waals surface area contributed by atoms with Gasteiger partial charge in [0.2, 0.25) is 0 Å². The number of anilines is 1. The van der Waals surface area contributed by atoms with Crippen molar-refractivity contribution in [2.75, 3.05) is 5.73 Å².